The largest absolute Gasteiger partial charge is 0.322 e. The summed E-state index contributed by atoms with van der Waals surface area (Å²) in [6.07, 6.45) is 0.792. The molecular weight excluding hydrogens is 274 g/mol. The van der Waals surface area contributed by atoms with Crippen LogP contribution in [0.25, 0.3) is 5.65 Å². The van der Waals surface area contributed by atoms with Crippen molar-refractivity contribution < 1.29 is 0 Å². The average molecular weight is 295 g/mol. The van der Waals surface area contributed by atoms with E-state index in [0.717, 1.165) is 35.0 Å². The molecule has 0 amide bonds. The summed E-state index contributed by atoms with van der Waals surface area (Å²) in [5.41, 5.74) is 11.5. The number of hydrogen-bond donors (Lipinski definition) is 1. The van der Waals surface area contributed by atoms with Crippen molar-refractivity contribution in [2.24, 2.45) is 5.73 Å². The molecule has 0 aliphatic rings. The number of nitrogens with zero attached hydrogens (tertiary/aromatic N) is 4. The van der Waals surface area contributed by atoms with Crippen LogP contribution in [-0.4, -0.2) is 19.6 Å². The summed E-state index contributed by atoms with van der Waals surface area (Å²) >= 11 is 0. The number of rotatable bonds is 3. The number of benzene rings is 1. The second-order valence-corrected chi connectivity index (χ2v) is 5.89. The molecule has 5 nitrogen and oxygen atoms in total. The molecule has 3 aromatic rings. The van der Waals surface area contributed by atoms with Gasteiger partial charge >= 0.3 is 0 Å². The van der Waals surface area contributed by atoms with Gasteiger partial charge in [-0.3, -0.25) is 4.40 Å². The van der Waals surface area contributed by atoms with Crippen molar-refractivity contribution in [1.82, 2.24) is 19.6 Å². The molecule has 0 fully saturated rings. The second kappa shape index (κ2) is 5.50. The topological polar surface area (TPSA) is 69.1 Å². The van der Waals surface area contributed by atoms with Crippen LogP contribution in [0.5, 0.6) is 0 Å². The Bertz CT molecular complexity index is 815. The van der Waals surface area contributed by atoms with E-state index in [1.165, 1.54) is 11.1 Å². The molecule has 2 aromatic heterocycles. The maximum Gasteiger partial charge on any atom is 0.167 e. The summed E-state index contributed by atoms with van der Waals surface area (Å²) in [4.78, 5) is 4.66. The van der Waals surface area contributed by atoms with Gasteiger partial charge in [-0.05, 0) is 33.3 Å². The van der Waals surface area contributed by atoms with Gasteiger partial charge in [0.15, 0.2) is 11.5 Å². The van der Waals surface area contributed by atoms with E-state index in [0.29, 0.717) is 0 Å². The molecule has 2 heterocycles. The first-order valence-electron chi connectivity index (χ1n) is 7.49. The lowest BCUT2D eigenvalue weighted by Gasteiger charge is -2.11. The fourth-order valence-corrected chi connectivity index (χ4v) is 2.74. The van der Waals surface area contributed by atoms with E-state index in [2.05, 4.69) is 46.4 Å². The summed E-state index contributed by atoms with van der Waals surface area (Å²) in [7, 11) is 0. The molecule has 0 spiro atoms. The van der Waals surface area contributed by atoms with Gasteiger partial charge in [-0.2, -0.15) is 0 Å². The van der Waals surface area contributed by atoms with Gasteiger partial charge in [0.25, 0.3) is 0 Å². The third-order valence-corrected chi connectivity index (χ3v) is 3.96. The number of nitrogens with two attached hydrogens (primary N) is 1. The van der Waals surface area contributed by atoms with E-state index in [1.807, 2.05) is 25.2 Å². The van der Waals surface area contributed by atoms with Crippen LogP contribution in [0.1, 0.15) is 47.0 Å². The summed E-state index contributed by atoms with van der Waals surface area (Å²) in [6.45, 7) is 7.99. The Morgan fingerprint density at radius 1 is 1.09 bits per heavy atom. The first-order valence-corrected chi connectivity index (χ1v) is 7.49. The first kappa shape index (κ1) is 14.7. The molecule has 0 bridgehead atoms. The quantitative estimate of drug-likeness (QED) is 0.806. The van der Waals surface area contributed by atoms with Gasteiger partial charge in [-0.25, -0.2) is 4.98 Å². The van der Waals surface area contributed by atoms with Crippen LogP contribution in [0.4, 0.5) is 0 Å². The van der Waals surface area contributed by atoms with Gasteiger partial charge < -0.3 is 5.73 Å². The third kappa shape index (κ3) is 2.48. The molecule has 0 radical (unpaired) electrons. The van der Waals surface area contributed by atoms with Crippen molar-refractivity contribution >= 4 is 5.65 Å². The average Bonchev–Trinajstić information content (AvgIpc) is 2.91. The van der Waals surface area contributed by atoms with Crippen LogP contribution in [0.2, 0.25) is 0 Å². The smallest absolute Gasteiger partial charge is 0.167 e. The summed E-state index contributed by atoms with van der Waals surface area (Å²) in [5.74, 6) is 1.63. The highest BCUT2D eigenvalue weighted by Crippen LogP contribution is 2.21. The lowest BCUT2D eigenvalue weighted by molar-refractivity contribution is 0.712. The maximum atomic E-state index is 6.00. The Morgan fingerprint density at radius 3 is 2.41 bits per heavy atom. The second-order valence-electron chi connectivity index (χ2n) is 5.89. The molecule has 5 heteroatoms. The number of aromatic nitrogens is 4. The predicted molar refractivity (Wildman–Crippen MR) is 86.8 cm³/mol. The lowest BCUT2D eigenvalue weighted by atomic mass is 10.0. The normalized spacial score (nSPS) is 12.8. The molecule has 114 valence electrons. The summed E-state index contributed by atoms with van der Waals surface area (Å²) in [5, 5.41) is 8.63. The Labute approximate surface area is 130 Å². The minimum atomic E-state index is -0.176. The fraction of sp³-hybridized carbons (Fsp3) is 0.353. The molecule has 0 saturated heterocycles. The van der Waals surface area contributed by atoms with Crippen molar-refractivity contribution in [3.8, 4) is 0 Å². The number of fused-ring (bicyclic) bond motifs is 1. The van der Waals surface area contributed by atoms with Crippen molar-refractivity contribution in [3.63, 3.8) is 0 Å². The monoisotopic (exact) mass is 295 g/mol. The first-order chi connectivity index (χ1) is 10.5. The van der Waals surface area contributed by atoms with Crippen LogP contribution < -0.4 is 5.73 Å². The standard InChI is InChI=1S/C17H21N5/c1-10-5-7-14(8-6-10)9-15-12(3)19-13(4)22-16(11(2)18)20-21-17(15)22/h5-8,11H,9,18H2,1-4H3. The van der Waals surface area contributed by atoms with E-state index >= 15 is 0 Å². The van der Waals surface area contributed by atoms with Crippen LogP contribution in [0.3, 0.4) is 0 Å². The fourth-order valence-electron chi connectivity index (χ4n) is 2.74. The SMILES string of the molecule is Cc1ccc(Cc2c(C)nc(C)n3c(C(C)N)nnc23)cc1. The highest BCUT2D eigenvalue weighted by atomic mass is 15.3. The molecule has 2 N–H and O–H groups in total. The van der Waals surface area contributed by atoms with Crippen LogP contribution >= 0.6 is 0 Å². The zero-order valence-electron chi connectivity index (χ0n) is 13.5. The van der Waals surface area contributed by atoms with E-state index < -0.39 is 0 Å². The Hall–Kier alpha value is -2.27. The summed E-state index contributed by atoms with van der Waals surface area (Å²) < 4.78 is 1.97. The molecule has 0 aliphatic carbocycles. The van der Waals surface area contributed by atoms with Gasteiger partial charge in [0, 0.05) is 17.7 Å². The van der Waals surface area contributed by atoms with Crippen LogP contribution in [0.15, 0.2) is 24.3 Å². The Kier molecular flexibility index (Phi) is 3.66. The van der Waals surface area contributed by atoms with Crippen molar-refractivity contribution in [2.75, 3.05) is 0 Å². The molecular formula is C17H21N5. The number of hydrogen-bond acceptors (Lipinski definition) is 4. The minimum absolute atomic E-state index is 0.176. The Morgan fingerprint density at radius 2 is 1.77 bits per heavy atom. The highest BCUT2D eigenvalue weighted by Gasteiger charge is 2.17. The van der Waals surface area contributed by atoms with Crippen molar-refractivity contribution in [2.45, 2.75) is 40.2 Å². The zero-order valence-corrected chi connectivity index (χ0v) is 13.5. The van der Waals surface area contributed by atoms with Gasteiger partial charge in [0.05, 0.1) is 6.04 Å². The predicted octanol–water partition coefficient (Wildman–Crippen LogP) is 2.66. The van der Waals surface area contributed by atoms with Crippen molar-refractivity contribution in [3.05, 3.63) is 58.3 Å². The van der Waals surface area contributed by atoms with E-state index in [9.17, 15) is 0 Å². The lowest BCUT2D eigenvalue weighted by Crippen LogP contribution is -2.13. The molecule has 1 unspecified atom stereocenters. The molecule has 22 heavy (non-hydrogen) atoms. The molecule has 3 rings (SSSR count). The molecule has 0 aliphatic heterocycles. The third-order valence-electron chi connectivity index (χ3n) is 3.96. The van der Waals surface area contributed by atoms with E-state index in [4.69, 9.17) is 5.73 Å². The minimum Gasteiger partial charge on any atom is -0.322 e. The van der Waals surface area contributed by atoms with Gasteiger partial charge in [0.2, 0.25) is 0 Å². The Balaban J connectivity index is 2.14. The van der Waals surface area contributed by atoms with Gasteiger partial charge in [-0.15, -0.1) is 10.2 Å². The van der Waals surface area contributed by atoms with Gasteiger partial charge in [-0.1, -0.05) is 29.8 Å². The summed E-state index contributed by atoms with van der Waals surface area (Å²) in [6, 6.07) is 8.37. The van der Waals surface area contributed by atoms with Crippen LogP contribution in [0, 0.1) is 20.8 Å². The van der Waals surface area contributed by atoms with E-state index in [1.54, 1.807) is 0 Å². The van der Waals surface area contributed by atoms with Crippen LogP contribution in [-0.2, 0) is 6.42 Å². The molecule has 1 atom stereocenters. The molecule has 0 saturated carbocycles. The van der Waals surface area contributed by atoms with E-state index in [-0.39, 0.29) is 6.04 Å². The highest BCUT2D eigenvalue weighted by molar-refractivity contribution is 5.52. The van der Waals surface area contributed by atoms with Crippen molar-refractivity contribution in [1.29, 1.82) is 0 Å². The molecule has 1 aromatic carbocycles. The maximum absolute atomic E-state index is 6.00. The van der Waals surface area contributed by atoms with Gasteiger partial charge in [0.1, 0.15) is 5.82 Å². The zero-order chi connectivity index (χ0) is 15.9. The number of aryl methyl sites for hydroxylation is 3.